The number of aliphatic imine (C=N–C) groups is 1. The third-order valence-electron chi connectivity index (χ3n) is 1.88. The fourth-order valence-corrected chi connectivity index (χ4v) is 1.29. The molecular weight excluding hydrogens is 160 g/mol. The summed E-state index contributed by atoms with van der Waals surface area (Å²) in [5, 5.41) is 1.16. The van der Waals surface area contributed by atoms with E-state index in [1.807, 2.05) is 24.3 Å². The van der Waals surface area contributed by atoms with Crippen LogP contribution in [0.25, 0.3) is 10.9 Å². The van der Waals surface area contributed by atoms with E-state index in [9.17, 15) is 0 Å². The van der Waals surface area contributed by atoms with Crippen molar-refractivity contribution in [2.24, 2.45) is 4.99 Å². The van der Waals surface area contributed by atoms with Gasteiger partial charge in [0.1, 0.15) is 0 Å². The van der Waals surface area contributed by atoms with Crippen LogP contribution < -0.4 is 0 Å². The molecule has 0 spiro atoms. The zero-order valence-electron chi connectivity index (χ0n) is 7.44. The molecule has 0 saturated heterocycles. The molecule has 2 rings (SSSR count). The summed E-state index contributed by atoms with van der Waals surface area (Å²) in [4.78, 5) is 8.34. The maximum Gasteiger partial charge on any atom is 0.0815 e. The van der Waals surface area contributed by atoms with Gasteiger partial charge in [0.25, 0.3) is 0 Å². The van der Waals surface area contributed by atoms with Gasteiger partial charge in [0.2, 0.25) is 0 Å². The summed E-state index contributed by atoms with van der Waals surface area (Å²) < 4.78 is 0. The van der Waals surface area contributed by atoms with E-state index < -0.39 is 0 Å². The number of pyridine rings is 1. The molecule has 0 aliphatic heterocycles. The molecule has 1 aromatic carbocycles. The number of nitrogens with zero attached hydrogens (tertiary/aromatic N) is 2. The number of fused-ring (bicyclic) bond motifs is 1. The van der Waals surface area contributed by atoms with Crippen LogP contribution in [-0.2, 0) is 0 Å². The highest BCUT2D eigenvalue weighted by atomic mass is 14.7. The summed E-state index contributed by atoms with van der Waals surface area (Å²) >= 11 is 0. The number of rotatable bonds is 1. The van der Waals surface area contributed by atoms with E-state index >= 15 is 0 Å². The first-order valence-corrected chi connectivity index (χ1v) is 4.18. The fourth-order valence-electron chi connectivity index (χ4n) is 1.29. The van der Waals surface area contributed by atoms with Gasteiger partial charge >= 0.3 is 0 Å². The number of aromatic nitrogens is 1. The highest BCUT2D eigenvalue weighted by Crippen LogP contribution is 2.10. The van der Waals surface area contributed by atoms with Gasteiger partial charge in [-0.05, 0) is 12.1 Å². The van der Waals surface area contributed by atoms with Crippen molar-refractivity contribution in [1.29, 1.82) is 0 Å². The van der Waals surface area contributed by atoms with E-state index in [-0.39, 0.29) is 1.43 Å². The van der Waals surface area contributed by atoms with Crippen LogP contribution in [-0.4, -0.2) is 18.2 Å². The predicted molar refractivity (Wildman–Crippen MR) is 57.4 cm³/mol. The molecule has 0 N–H and O–H groups in total. The summed E-state index contributed by atoms with van der Waals surface area (Å²) in [6, 6.07) is 12.1. The van der Waals surface area contributed by atoms with Crippen LogP contribution in [0.2, 0.25) is 0 Å². The van der Waals surface area contributed by atoms with E-state index in [4.69, 9.17) is 0 Å². The molecule has 0 bridgehead atoms. The van der Waals surface area contributed by atoms with Gasteiger partial charge < -0.3 is 0 Å². The number of hydrogen-bond acceptors (Lipinski definition) is 2. The molecule has 2 aromatic rings. The molecule has 2 heteroatoms. The molecule has 13 heavy (non-hydrogen) atoms. The zero-order chi connectivity index (χ0) is 9.10. The van der Waals surface area contributed by atoms with Gasteiger partial charge in [-0.2, -0.15) is 0 Å². The second-order valence-corrected chi connectivity index (χ2v) is 2.82. The lowest BCUT2D eigenvalue weighted by Gasteiger charge is -1.96. The smallest absolute Gasteiger partial charge is 0.0815 e. The first-order valence-electron chi connectivity index (χ1n) is 4.18. The predicted octanol–water partition coefficient (Wildman–Crippen LogP) is 2.53. The third-order valence-corrected chi connectivity index (χ3v) is 1.88. The Kier molecular flexibility index (Phi) is 2.04. The molecule has 0 atom stereocenters. The van der Waals surface area contributed by atoms with Crippen molar-refractivity contribution in [2.75, 3.05) is 7.05 Å². The van der Waals surface area contributed by atoms with Crippen molar-refractivity contribution >= 4 is 17.1 Å². The van der Waals surface area contributed by atoms with Crippen molar-refractivity contribution in [3.63, 3.8) is 0 Å². The average molecular weight is 172 g/mol. The van der Waals surface area contributed by atoms with Gasteiger partial charge in [0.05, 0.1) is 11.2 Å². The molecule has 0 radical (unpaired) electrons. The molecule has 0 aliphatic carbocycles. The summed E-state index contributed by atoms with van der Waals surface area (Å²) in [7, 11) is 1.75. The SMILES string of the molecule is CN=Cc1ccc2ccccc2n1.[HH]. The standard InChI is InChI=1S/C11H10N2.H2/c1-12-8-10-7-6-9-4-2-3-5-11(9)13-10;/h2-8H,1H3;1H. The van der Waals surface area contributed by atoms with Crippen LogP contribution in [0.3, 0.4) is 0 Å². The van der Waals surface area contributed by atoms with Crippen molar-refractivity contribution in [3.05, 3.63) is 42.1 Å². The van der Waals surface area contributed by atoms with Crippen LogP contribution in [0.1, 0.15) is 7.12 Å². The van der Waals surface area contributed by atoms with Gasteiger partial charge in [-0.15, -0.1) is 0 Å². The van der Waals surface area contributed by atoms with Crippen LogP contribution in [0.15, 0.2) is 41.4 Å². The summed E-state index contributed by atoms with van der Waals surface area (Å²) in [6.45, 7) is 0. The van der Waals surface area contributed by atoms with Crippen LogP contribution >= 0.6 is 0 Å². The third kappa shape index (κ3) is 1.56. The Bertz CT molecular complexity index is 452. The first-order chi connectivity index (χ1) is 6.40. The molecule has 0 fully saturated rings. The van der Waals surface area contributed by atoms with E-state index in [1.165, 1.54) is 0 Å². The molecule has 0 amide bonds. The fraction of sp³-hybridized carbons (Fsp3) is 0.0909. The van der Waals surface area contributed by atoms with Gasteiger partial charge in [-0.25, -0.2) is 4.98 Å². The Morgan fingerprint density at radius 1 is 1.23 bits per heavy atom. The van der Waals surface area contributed by atoms with E-state index in [0.717, 1.165) is 16.6 Å². The monoisotopic (exact) mass is 172 g/mol. The van der Waals surface area contributed by atoms with Crippen molar-refractivity contribution in [3.8, 4) is 0 Å². The van der Waals surface area contributed by atoms with E-state index in [2.05, 4.69) is 22.1 Å². The number of para-hydroxylation sites is 1. The first kappa shape index (κ1) is 7.92. The second kappa shape index (κ2) is 3.35. The Balaban J connectivity index is 0.000000980. The Hall–Kier alpha value is -1.70. The Morgan fingerprint density at radius 3 is 2.92 bits per heavy atom. The normalized spacial score (nSPS) is 11.2. The molecule has 66 valence electrons. The number of hydrogen-bond donors (Lipinski definition) is 0. The minimum absolute atomic E-state index is 0. The molecule has 0 saturated carbocycles. The molecule has 0 unspecified atom stereocenters. The molecule has 2 nitrogen and oxygen atoms in total. The van der Waals surface area contributed by atoms with Gasteiger partial charge in [-0.1, -0.05) is 24.3 Å². The maximum absolute atomic E-state index is 4.42. The minimum atomic E-state index is 0. The lowest BCUT2D eigenvalue weighted by atomic mass is 10.2. The van der Waals surface area contributed by atoms with E-state index in [0.29, 0.717) is 0 Å². The zero-order valence-corrected chi connectivity index (χ0v) is 7.44. The van der Waals surface area contributed by atoms with Crippen molar-refractivity contribution in [2.45, 2.75) is 0 Å². The van der Waals surface area contributed by atoms with Crippen LogP contribution in [0, 0.1) is 0 Å². The summed E-state index contributed by atoms with van der Waals surface area (Å²) in [5.74, 6) is 0. The molecule has 1 heterocycles. The van der Waals surface area contributed by atoms with Crippen LogP contribution in [0.4, 0.5) is 0 Å². The largest absolute Gasteiger partial charge is 0.294 e. The number of benzene rings is 1. The summed E-state index contributed by atoms with van der Waals surface area (Å²) in [6.07, 6.45) is 1.76. The van der Waals surface area contributed by atoms with Crippen molar-refractivity contribution in [1.82, 2.24) is 4.98 Å². The molecule has 1 aromatic heterocycles. The maximum atomic E-state index is 4.42. The average Bonchev–Trinajstić information content (AvgIpc) is 2.18. The van der Waals surface area contributed by atoms with Crippen LogP contribution in [0.5, 0.6) is 0 Å². The topological polar surface area (TPSA) is 25.2 Å². The molecular formula is C11H12N2. The lowest BCUT2D eigenvalue weighted by Crippen LogP contribution is -1.87. The lowest BCUT2D eigenvalue weighted by molar-refractivity contribution is 1.36. The Morgan fingerprint density at radius 2 is 2.08 bits per heavy atom. The van der Waals surface area contributed by atoms with Crippen molar-refractivity contribution < 1.29 is 1.43 Å². The quantitative estimate of drug-likeness (QED) is 0.607. The van der Waals surface area contributed by atoms with Gasteiger partial charge in [-0.3, -0.25) is 4.99 Å². The Labute approximate surface area is 78.4 Å². The van der Waals surface area contributed by atoms with E-state index in [1.54, 1.807) is 13.3 Å². The highest BCUT2D eigenvalue weighted by molar-refractivity contribution is 5.84. The second-order valence-electron chi connectivity index (χ2n) is 2.82. The molecule has 0 aliphatic rings. The highest BCUT2D eigenvalue weighted by Gasteiger charge is 1.93. The minimum Gasteiger partial charge on any atom is -0.294 e. The van der Waals surface area contributed by atoms with Gasteiger partial charge in [0, 0.05) is 20.1 Å². The summed E-state index contributed by atoms with van der Waals surface area (Å²) in [5.41, 5.74) is 1.92. The van der Waals surface area contributed by atoms with Gasteiger partial charge in [0.15, 0.2) is 0 Å².